The molecule has 6 atom stereocenters. The third-order valence-electron chi connectivity index (χ3n) is 10.5. The van der Waals surface area contributed by atoms with Crippen molar-refractivity contribution in [3.05, 3.63) is 59.2 Å². The Labute approximate surface area is 258 Å². The molecule has 5 rings (SSSR count). The van der Waals surface area contributed by atoms with Crippen molar-refractivity contribution in [3.8, 4) is 5.75 Å². The summed E-state index contributed by atoms with van der Waals surface area (Å²) in [7, 11) is -0.340. The number of methoxy groups -OCH3 is 2. The van der Waals surface area contributed by atoms with Crippen molar-refractivity contribution in [2.45, 2.75) is 95.0 Å². The third-order valence-corrected chi connectivity index (χ3v) is 11.9. The summed E-state index contributed by atoms with van der Waals surface area (Å²) < 4.78 is 52.8. The highest BCUT2D eigenvalue weighted by Gasteiger charge is 2.57. The van der Waals surface area contributed by atoms with Crippen LogP contribution in [0.1, 0.15) is 87.3 Å². The van der Waals surface area contributed by atoms with Crippen LogP contribution in [-0.4, -0.2) is 48.9 Å². The smallest absolute Gasteiger partial charge is 0.296 e. The minimum atomic E-state index is -3.70. The van der Waals surface area contributed by atoms with Gasteiger partial charge in [-0.3, -0.25) is 4.18 Å². The first-order chi connectivity index (χ1) is 20.8. The van der Waals surface area contributed by atoms with Crippen LogP contribution in [0.5, 0.6) is 5.75 Å². The topological polar surface area (TPSA) is 80.3 Å². The zero-order valence-electron chi connectivity index (χ0n) is 26.4. The van der Waals surface area contributed by atoms with E-state index in [0.29, 0.717) is 30.5 Å². The molecule has 0 saturated heterocycles. The van der Waals surface area contributed by atoms with Crippen molar-refractivity contribution >= 4 is 10.1 Å². The summed E-state index contributed by atoms with van der Waals surface area (Å²) in [6.45, 7) is 5.26. The molecule has 2 aromatic rings. The minimum Gasteiger partial charge on any atom is -0.468 e. The zero-order chi connectivity index (χ0) is 30.5. The van der Waals surface area contributed by atoms with Gasteiger partial charge in [-0.15, -0.1) is 0 Å². The van der Waals surface area contributed by atoms with E-state index < -0.39 is 10.1 Å². The molecule has 0 bridgehead atoms. The Balaban J connectivity index is 1.21. The number of aryl methyl sites for hydroxylation is 1. The number of hydrogen-bond donors (Lipinski definition) is 0. The van der Waals surface area contributed by atoms with E-state index in [2.05, 4.69) is 25.1 Å². The van der Waals surface area contributed by atoms with Gasteiger partial charge in [0, 0.05) is 14.2 Å². The lowest BCUT2D eigenvalue weighted by atomic mass is 9.52. The fourth-order valence-corrected chi connectivity index (χ4v) is 9.39. The molecule has 2 aromatic carbocycles. The lowest BCUT2D eigenvalue weighted by Gasteiger charge is -2.53. The SMILES string of the molecule is COCOc1ccc2c(c1)C[C@@H](CCCCCCOS(=O)(=O)c1ccc(C)cc1)C1C2CC[C@@]2(C)C1CC[C@@H]2OCOC. The van der Waals surface area contributed by atoms with Gasteiger partial charge in [-0.2, -0.15) is 8.42 Å². The molecule has 0 N–H and O–H groups in total. The third kappa shape index (κ3) is 7.30. The highest BCUT2D eigenvalue weighted by atomic mass is 32.2. The lowest BCUT2D eigenvalue weighted by molar-refractivity contribution is -0.128. The monoisotopic (exact) mass is 614 g/mol. The second kappa shape index (κ2) is 14.4. The number of ether oxygens (including phenoxy) is 4. The van der Waals surface area contributed by atoms with Crippen molar-refractivity contribution in [1.82, 2.24) is 0 Å². The molecule has 0 amide bonds. The van der Waals surface area contributed by atoms with E-state index in [1.54, 1.807) is 38.5 Å². The molecule has 0 aromatic heterocycles. The lowest BCUT2D eigenvalue weighted by Crippen LogP contribution is -2.47. The van der Waals surface area contributed by atoms with E-state index in [0.717, 1.165) is 49.8 Å². The van der Waals surface area contributed by atoms with Crippen molar-refractivity contribution in [3.63, 3.8) is 0 Å². The minimum absolute atomic E-state index is 0.192. The molecule has 3 aliphatic carbocycles. The highest BCUT2D eigenvalue weighted by Crippen LogP contribution is 2.63. The number of benzene rings is 2. The summed E-state index contributed by atoms with van der Waals surface area (Å²) >= 11 is 0. The molecule has 238 valence electrons. The van der Waals surface area contributed by atoms with Gasteiger partial charge in [0.1, 0.15) is 12.5 Å². The van der Waals surface area contributed by atoms with Crippen LogP contribution in [0.15, 0.2) is 47.4 Å². The molecule has 0 radical (unpaired) electrons. The Kier molecular flexibility index (Phi) is 10.9. The fourth-order valence-electron chi connectivity index (χ4n) is 8.44. The average molecular weight is 615 g/mol. The van der Waals surface area contributed by atoms with Gasteiger partial charge in [0.25, 0.3) is 10.1 Å². The standard InChI is InChI=1S/C35H50O7S/c1-25-10-13-29(14-11-25)43(36,37)42-20-8-6-5-7-9-26-21-27-22-28(40-23-38-3)12-15-30(27)31-18-19-35(2)32(34(26)31)16-17-33(35)41-24-39-4/h10-15,22,26,31-34H,5-9,16-21,23-24H2,1-4H3/t26-,31?,32?,33+,34?,35+/m1/s1. The Morgan fingerprint density at radius 1 is 0.907 bits per heavy atom. The maximum atomic E-state index is 12.5. The summed E-state index contributed by atoms with van der Waals surface area (Å²) in [5.41, 5.74) is 4.17. The Morgan fingerprint density at radius 3 is 2.44 bits per heavy atom. The van der Waals surface area contributed by atoms with Gasteiger partial charge in [0.05, 0.1) is 17.6 Å². The molecular formula is C35H50O7S. The van der Waals surface area contributed by atoms with Gasteiger partial charge in [-0.25, -0.2) is 0 Å². The predicted octanol–water partition coefficient (Wildman–Crippen LogP) is 7.41. The molecule has 0 heterocycles. The van der Waals surface area contributed by atoms with Gasteiger partial charge in [0.15, 0.2) is 6.79 Å². The van der Waals surface area contributed by atoms with E-state index in [-0.39, 0.29) is 29.8 Å². The molecule has 2 saturated carbocycles. The molecular weight excluding hydrogens is 564 g/mol. The van der Waals surface area contributed by atoms with Crippen molar-refractivity contribution in [1.29, 1.82) is 0 Å². The molecule has 0 spiro atoms. The van der Waals surface area contributed by atoms with Crippen LogP contribution in [0, 0.1) is 30.1 Å². The summed E-state index contributed by atoms with van der Waals surface area (Å²) in [6, 6.07) is 13.5. The number of rotatable bonds is 15. The Bertz CT molecular complexity index is 1290. The first kappa shape index (κ1) is 32.4. The largest absolute Gasteiger partial charge is 0.468 e. The van der Waals surface area contributed by atoms with Crippen molar-refractivity contribution < 1.29 is 31.5 Å². The first-order valence-corrected chi connectivity index (χ1v) is 17.5. The number of unbranched alkanes of at least 4 members (excludes halogenated alkanes) is 3. The summed E-state index contributed by atoms with van der Waals surface area (Å²) in [4.78, 5) is 0.224. The maximum Gasteiger partial charge on any atom is 0.296 e. The molecule has 43 heavy (non-hydrogen) atoms. The Morgan fingerprint density at radius 2 is 1.67 bits per heavy atom. The van der Waals surface area contributed by atoms with E-state index in [1.807, 2.05) is 6.92 Å². The van der Waals surface area contributed by atoms with Gasteiger partial charge in [-0.1, -0.05) is 49.9 Å². The second-order valence-electron chi connectivity index (χ2n) is 13.1. The van der Waals surface area contributed by atoms with Crippen molar-refractivity contribution in [2.75, 3.05) is 34.4 Å². The predicted molar refractivity (Wildman–Crippen MR) is 167 cm³/mol. The van der Waals surface area contributed by atoms with E-state index in [9.17, 15) is 8.42 Å². The van der Waals surface area contributed by atoms with Crippen LogP contribution in [-0.2, 0) is 34.9 Å². The quantitative estimate of drug-likeness (QED) is 0.117. The zero-order valence-corrected chi connectivity index (χ0v) is 27.2. The van der Waals surface area contributed by atoms with Gasteiger partial charge < -0.3 is 18.9 Å². The van der Waals surface area contributed by atoms with E-state index in [4.69, 9.17) is 23.1 Å². The molecule has 2 fully saturated rings. The maximum absolute atomic E-state index is 12.5. The first-order valence-electron chi connectivity index (χ1n) is 16.1. The second-order valence-corrected chi connectivity index (χ2v) is 14.8. The Hall–Kier alpha value is -1.97. The van der Waals surface area contributed by atoms with Crippen LogP contribution >= 0.6 is 0 Å². The van der Waals surface area contributed by atoms with Crippen LogP contribution in [0.3, 0.4) is 0 Å². The van der Waals surface area contributed by atoms with Gasteiger partial charge >= 0.3 is 0 Å². The molecule has 7 nitrogen and oxygen atoms in total. The van der Waals surface area contributed by atoms with Crippen LogP contribution in [0.2, 0.25) is 0 Å². The van der Waals surface area contributed by atoms with Crippen LogP contribution in [0.4, 0.5) is 0 Å². The summed E-state index contributed by atoms with van der Waals surface area (Å²) in [5, 5.41) is 0. The summed E-state index contributed by atoms with van der Waals surface area (Å²) in [5.74, 6) is 3.36. The van der Waals surface area contributed by atoms with Gasteiger partial charge in [-0.05, 0) is 116 Å². The van der Waals surface area contributed by atoms with Crippen LogP contribution < -0.4 is 4.74 Å². The van der Waals surface area contributed by atoms with Crippen molar-refractivity contribution in [2.24, 2.45) is 23.2 Å². The normalized spacial score (nSPS) is 28.2. The summed E-state index contributed by atoms with van der Waals surface area (Å²) in [6.07, 6.45) is 11.2. The van der Waals surface area contributed by atoms with E-state index in [1.165, 1.54) is 36.8 Å². The van der Waals surface area contributed by atoms with Crippen LogP contribution in [0.25, 0.3) is 0 Å². The number of fused-ring (bicyclic) bond motifs is 5. The molecule has 8 heteroatoms. The van der Waals surface area contributed by atoms with E-state index >= 15 is 0 Å². The molecule has 0 aliphatic heterocycles. The molecule has 3 unspecified atom stereocenters. The fraction of sp³-hybridized carbons (Fsp3) is 0.657. The molecule has 3 aliphatic rings. The number of hydrogen-bond acceptors (Lipinski definition) is 7. The highest BCUT2D eigenvalue weighted by molar-refractivity contribution is 7.86. The van der Waals surface area contributed by atoms with Gasteiger partial charge in [0.2, 0.25) is 0 Å². The average Bonchev–Trinajstić information content (AvgIpc) is 3.34.